The molecular formula is C17H20N2OS. The molecule has 1 aliphatic rings. The minimum Gasteiger partial charge on any atom is -0.389 e. The molecule has 3 rings (SSSR count). The molecule has 110 valence electrons. The Kier molecular flexibility index (Phi) is 3.83. The van der Waals surface area contributed by atoms with Gasteiger partial charge in [-0.2, -0.15) is 0 Å². The number of ether oxygens (including phenoxy) is 1. The van der Waals surface area contributed by atoms with Gasteiger partial charge in [0.2, 0.25) is 0 Å². The molecule has 0 aromatic heterocycles. The first-order valence-electron chi connectivity index (χ1n) is 7.27. The SMILES string of the molecule is CC1(Nc2ccc(C(N)=S)c3ccccc23)CCOCC1. The van der Waals surface area contributed by atoms with Gasteiger partial charge in [0, 0.05) is 35.4 Å². The topological polar surface area (TPSA) is 47.3 Å². The van der Waals surface area contributed by atoms with Gasteiger partial charge in [-0.05, 0) is 37.3 Å². The Hall–Kier alpha value is -1.65. The van der Waals surface area contributed by atoms with Crippen molar-refractivity contribution < 1.29 is 4.74 Å². The van der Waals surface area contributed by atoms with Crippen molar-refractivity contribution in [3.8, 4) is 0 Å². The molecule has 0 radical (unpaired) electrons. The Balaban J connectivity index is 2.03. The van der Waals surface area contributed by atoms with Gasteiger partial charge in [0.15, 0.2) is 0 Å². The molecule has 0 aliphatic carbocycles. The molecule has 1 fully saturated rings. The maximum atomic E-state index is 5.83. The van der Waals surface area contributed by atoms with Crippen molar-refractivity contribution in [3.63, 3.8) is 0 Å². The maximum Gasteiger partial charge on any atom is 0.104 e. The normalized spacial score (nSPS) is 17.6. The first-order chi connectivity index (χ1) is 10.1. The van der Waals surface area contributed by atoms with Crippen molar-refractivity contribution in [3.05, 3.63) is 42.0 Å². The van der Waals surface area contributed by atoms with E-state index in [2.05, 4.69) is 30.4 Å². The van der Waals surface area contributed by atoms with E-state index in [0.29, 0.717) is 4.99 Å². The summed E-state index contributed by atoms with van der Waals surface area (Å²) in [7, 11) is 0. The number of benzene rings is 2. The first-order valence-corrected chi connectivity index (χ1v) is 7.67. The van der Waals surface area contributed by atoms with Crippen LogP contribution in [0.1, 0.15) is 25.3 Å². The summed E-state index contributed by atoms with van der Waals surface area (Å²) in [6.45, 7) is 3.88. The Bertz CT molecular complexity index is 678. The molecule has 3 nitrogen and oxygen atoms in total. The molecule has 0 saturated carbocycles. The Morgan fingerprint density at radius 2 is 1.81 bits per heavy atom. The van der Waals surface area contributed by atoms with Crippen LogP contribution in [0.5, 0.6) is 0 Å². The third-order valence-corrected chi connectivity index (χ3v) is 4.44. The molecule has 0 bridgehead atoms. The second-order valence-corrected chi connectivity index (χ2v) is 6.31. The van der Waals surface area contributed by atoms with E-state index < -0.39 is 0 Å². The lowest BCUT2D eigenvalue weighted by Crippen LogP contribution is -2.40. The predicted octanol–water partition coefficient (Wildman–Crippen LogP) is 3.46. The zero-order valence-electron chi connectivity index (χ0n) is 12.2. The lowest BCUT2D eigenvalue weighted by molar-refractivity contribution is 0.0658. The Labute approximate surface area is 130 Å². The number of hydrogen-bond acceptors (Lipinski definition) is 3. The Morgan fingerprint density at radius 3 is 2.48 bits per heavy atom. The van der Waals surface area contributed by atoms with Crippen LogP contribution in [0.15, 0.2) is 36.4 Å². The molecule has 1 saturated heterocycles. The zero-order chi connectivity index (χ0) is 14.9. The minimum absolute atomic E-state index is 0.0752. The number of nitrogens with one attached hydrogen (secondary N) is 1. The molecule has 0 spiro atoms. The second kappa shape index (κ2) is 5.62. The second-order valence-electron chi connectivity index (χ2n) is 5.87. The van der Waals surface area contributed by atoms with Crippen LogP contribution in [0, 0.1) is 0 Å². The van der Waals surface area contributed by atoms with Crippen molar-refractivity contribution in [2.75, 3.05) is 18.5 Å². The summed E-state index contributed by atoms with van der Waals surface area (Å²) in [4.78, 5) is 0.440. The summed E-state index contributed by atoms with van der Waals surface area (Å²) in [5, 5.41) is 5.97. The molecule has 0 unspecified atom stereocenters. The number of fused-ring (bicyclic) bond motifs is 1. The molecule has 1 aliphatic heterocycles. The fourth-order valence-corrected chi connectivity index (χ4v) is 3.07. The van der Waals surface area contributed by atoms with Crippen molar-refractivity contribution in [1.29, 1.82) is 0 Å². The van der Waals surface area contributed by atoms with Crippen LogP contribution in [0.25, 0.3) is 10.8 Å². The van der Waals surface area contributed by atoms with Gasteiger partial charge in [-0.3, -0.25) is 0 Å². The summed E-state index contributed by atoms with van der Waals surface area (Å²) in [5.74, 6) is 0. The average molecular weight is 300 g/mol. The van der Waals surface area contributed by atoms with Crippen LogP contribution in [0.3, 0.4) is 0 Å². The van der Waals surface area contributed by atoms with Gasteiger partial charge >= 0.3 is 0 Å². The van der Waals surface area contributed by atoms with Gasteiger partial charge in [0.25, 0.3) is 0 Å². The van der Waals surface area contributed by atoms with Crippen molar-refractivity contribution in [2.24, 2.45) is 5.73 Å². The van der Waals surface area contributed by atoms with Crippen molar-refractivity contribution >= 4 is 33.7 Å². The van der Waals surface area contributed by atoms with E-state index >= 15 is 0 Å². The van der Waals surface area contributed by atoms with E-state index in [1.807, 2.05) is 18.2 Å². The van der Waals surface area contributed by atoms with Gasteiger partial charge in [0.05, 0.1) is 0 Å². The highest BCUT2D eigenvalue weighted by molar-refractivity contribution is 7.80. The smallest absolute Gasteiger partial charge is 0.104 e. The monoisotopic (exact) mass is 300 g/mol. The largest absolute Gasteiger partial charge is 0.389 e. The molecular weight excluding hydrogens is 280 g/mol. The van der Waals surface area contributed by atoms with Crippen LogP contribution in [0.2, 0.25) is 0 Å². The lowest BCUT2D eigenvalue weighted by atomic mass is 9.91. The summed E-state index contributed by atoms with van der Waals surface area (Å²) >= 11 is 5.16. The number of anilines is 1. The molecule has 4 heteroatoms. The number of hydrogen-bond donors (Lipinski definition) is 2. The molecule has 21 heavy (non-hydrogen) atoms. The van der Waals surface area contributed by atoms with Crippen molar-refractivity contribution in [2.45, 2.75) is 25.3 Å². The van der Waals surface area contributed by atoms with Crippen LogP contribution in [0.4, 0.5) is 5.69 Å². The number of nitrogens with two attached hydrogens (primary N) is 1. The third kappa shape index (κ3) is 2.87. The van der Waals surface area contributed by atoms with Gasteiger partial charge in [-0.15, -0.1) is 0 Å². The third-order valence-electron chi connectivity index (χ3n) is 4.22. The van der Waals surface area contributed by atoms with Gasteiger partial charge in [0.1, 0.15) is 4.99 Å². The van der Waals surface area contributed by atoms with Crippen LogP contribution in [-0.2, 0) is 4.74 Å². The van der Waals surface area contributed by atoms with E-state index in [1.54, 1.807) is 0 Å². The van der Waals surface area contributed by atoms with E-state index in [-0.39, 0.29) is 5.54 Å². The summed E-state index contributed by atoms with van der Waals surface area (Å²) in [5.41, 5.74) is 7.98. The van der Waals surface area contributed by atoms with E-state index in [4.69, 9.17) is 22.7 Å². The fraction of sp³-hybridized carbons (Fsp3) is 0.353. The zero-order valence-corrected chi connectivity index (χ0v) is 13.0. The summed E-state index contributed by atoms with van der Waals surface area (Å²) in [6, 6.07) is 12.3. The standard InChI is InChI=1S/C17H20N2OS/c1-17(8-10-20-11-9-17)19-15-7-6-14(16(18)21)12-4-2-3-5-13(12)15/h2-7,19H,8-11H2,1H3,(H2,18,21). The molecule has 2 aromatic rings. The molecule has 3 N–H and O–H groups in total. The molecule has 2 aromatic carbocycles. The maximum absolute atomic E-state index is 5.83. The average Bonchev–Trinajstić information content (AvgIpc) is 2.47. The first kappa shape index (κ1) is 14.3. The molecule has 0 atom stereocenters. The van der Waals surface area contributed by atoms with Crippen molar-refractivity contribution in [1.82, 2.24) is 0 Å². The molecule has 0 amide bonds. The highest BCUT2D eigenvalue weighted by Crippen LogP contribution is 2.32. The number of rotatable bonds is 3. The minimum atomic E-state index is 0.0752. The number of thiocarbonyl (C=S) groups is 1. The summed E-state index contributed by atoms with van der Waals surface area (Å²) in [6.07, 6.45) is 2.02. The Morgan fingerprint density at radius 1 is 1.14 bits per heavy atom. The highest BCUT2D eigenvalue weighted by Gasteiger charge is 2.27. The van der Waals surface area contributed by atoms with Crippen LogP contribution >= 0.6 is 12.2 Å². The van der Waals surface area contributed by atoms with Gasteiger partial charge < -0.3 is 15.8 Å². The van der Waals surface area contributed by atoms with E-state index in [0.717, 1.165) is 48.1 Å². The molecule has 1 heterocycles. The van der Waals surface area contributed by atoms with E-state index in [9.17, 15) is 0 Å². The summed E-state index contributed by atoms with van der Waals surface area (Å²) < 4.78 is 5.47. The van der Waals surface area contributed by atoms with E-state index in [1.165, 1.54) is 0 Å². The fourth-order valence-electron chi connectivity index (χ4n) is 2.89. The quantitative estimate of drug-likeness (QED) is 0.852. The highest BCUT2D eigenvalue weighted by atomic mass is 32.1. The van der Waals surface area contributed by atoms with Gasteiger partial charge in [-0.25, -0.2) is 0 Å². The van der Waals surface area contributed by atoms with Crippen LogP contribution in [-0.4, -0.2) is 23.7 Å². The lowest BCUT2D eigenvalue weighted by Gasteiger charge is -2.36. The predicted molar refractivity (Wildman–Crippen MR) is 91.9 cm³/mol. The van der Waals surface area contributed by atoms with Crippen LogP contribution < -0.4 is 11.1 Å². The van der Waals surface area contributed by atoms with Gasteiger partial charge in [-0.1, -0.05) is 36.5 Å².